The van der Waals surface area contributed by atoms with Crippen molar-refractivity contribution in [1.82, 2.24) is 14.5 Å². The highest BCUT2D eigenvalue weighted by molar-refractivity contribution is 5.69. The highest BCUT2D eigenvalue weighted by Gasteiger charge is 2.05. The van der Waals surface area contributed by atoms with Crippen molar-refractivity contribution in [2.24, 2.45) is 7.05 Å². The molecule has 0 spiro atoms. The van der Waals surface area contributed by atoms with Crippen molar-refractivity contribution < 1.29 is 4.74 Å². The number of pyridine rings is 1. The van der Waals surface area contributed by atoms with Crippen LogP contribution in [0.1, 0.15) is 11.4 Å². The second-order valence-corrected chi connectivity index (χ2v) is 5.43. The Morgan fingerprint density at radius 2 is 1.96 bits per heavy atom. The smallest absolute Gasteiger partial charge is 0.212 e. The van der Waals surface area contributed by atoms with Gasteiger partial charge in [-0.2, -0.15) is 0 Å². The number of anilines is 1. The molecule has 0 saturated heterocycles. The molecule has 1 aromatic carbocycles. The predicted octanol–water partition coefficient (Wildman–Crippen LogP) is 3.41. The summed E-state index contributed by atoms with van der Waals surface area (Å²) in [6.45, 7) is 2.78. The Morgan fingerprint density at radius 1 is 1.13 bits per heavy atom. The van der Waals surface area contributed by atoms with Gasteiger partial charge in [0.15, 0.2) is 0 Å². The van der Waals surface area contributed by atoms with Crippen molar-refractivity contribution >= 4 is 5.69 Å². The summed E-state index contributed by atoms with van der Waals surface area (Å²) in [5.74, 6) is 1.62. The van der Waals surface area contributed by atoms with Crippen LogP contribution in [0.2, 0.25) is 0 Å². The minimum absolute atomic E-state index is 0.619. The van der Waals surface area contributed by atoms with Crippen molar-refractivity contribution in [2.75, 3.05) is 12.4 Å². The molecule has 0 aliphatic rings. The molecular weight excluding hydrogens is 288 g/mol. The Labute approximate surface area is 136 Å². The Morgan fingerprint density at radius 3 is 2.61 bits per heavy atom. The van der Waals surface area contributed by atoms with E-state index in [0.29, 0.717) is 12.4 Å². The molecule has 0 unspecified atom stereocenters. The summed E-state index contributed by atoms with van der Waals surface area (Å²) in [6, 6.07) is 10.2. The van der Waals surface area contributed by atoms with Crippen LogP contribution in [0.4, 0.5) is 5.69 Å². The highest BCUT2D eigenvalue weighted by Crippen LogP contribution is 2.26. The maximum Gasteiger partial charge on any atom is 0.212 e. The number of hydrogen-bond acceptors (Lipinski definition) is 4. The van der Waals surface area contributed by atoms with Gasteiger partial charge in [-0.3, -0.25) is 0 Å². The molecule has 118 valence electrons. The van der Waals surface area contributed by atoms with Crippen molar-refractivity contribution in [1.29, 1.82) is 0 Å². The average Bonchev–Trinajstić information content (AvgIpc) is 2.99. The van der Waals surface area contributed by atoms with Gasteiger partial charge in [-0.25, -0.2) is 9.97 Å². The van der Waals surface area contributed by atoms with Gasteiger partial charge in [0, 0.05) is 43.0 Å². The van der Waals surface area contributed by atoms with Crippen LogP contribution >= 0.6 is 0 Å². The third kappa shape index (κ3) is 3.34. The maximum absolute atomic E-state index is 5.11. The lowest BCUT2D eigenvalue weighted by Crippen LogP contribution is -2.06. The highest BCUT2D eigenvalue weighted by atomic mass is 16.5. The van der Waals surface area contributed by atoms with E-state index >= 15 is 0 Å². The fourth-order valence-electron chi connectivity index (χ4n) is 2.40. The van der Waals surface area contributed by atoms with Crippen LogP contribution < -0.4 is 10.1 Å². The number of ether oxygens (including phenoxy) is 1. The minimum Gasteiger partial charge on any atom is -0.481 e. The molecule has 2 heterocycles. The van der Waals surface area contributed by atoms with Crippen molar-refractivity contribution in [3.8, 4) is 17.0 Å². The summed E-state index contributed by atoms with van der Waals surface area (Å²) >= 11 is 0. The molecule has 3 rings (SSSR count). The second-order valence-electron chi connectivity index (χ2n) is 5.43. The minimum atomic E-state index is 0.619. The van der Waals surface area contributed by atoms with E-state index in [1.165, 1.54) is 5.56 Å². The van der Waals surface area contributed by atoms with Gasteiger partial charge in [-0.15, -0.1) is 0 Å². The molecule has 23 heavy (non-hydrogen) atoms. The number of benzene rings is 1. The zero-order chi connectivity index (χ0) is 16.2. The number of nitrogens with zero attached hydrogens (tertiary/aromatic N) is 3. The number of hydrogen-bond donors (Lipinski definition) is 1. The second kappa shape index (κ2) is 6.52. The first-order valence-electron chi connectivity index (χ1n) is 7.48. The molecule has 0 bridgehead atoms. The van der Waals surface area contributed by atoms with E-state index in [2.05, 4.69) is 40.4 Å². The lowest BCUT2D eigenvalue weighted by Gasteiger charge is -2.12. The molecule has 0 fully saturated rings. The fraction of sp³-hybridized carbons (Fsp3) is 0.222. The number of methoxy groups -OCH3 is 1. The van der Waals surface area contributed by atoms with Crippen molar-refractivity contribution in [2.45, 2.75) is 13.5 Å². The van der Waals surface area contributed by atoms with Gasteiger partial charge in [-0.1, -0.05) is 12.1 Å². The van der Waals surface area contributed by atoms with Gasteiger partial charge in [0.2, 0.25) is 5.88 Å². The summed E-state index contributed by atoms with van der Waals surface area (Å²) in [6.07, 6.45) is 5.58. The van der Waals surface area contributed by atoms with Gasteiger partial charge in [0.25, 0.3) is 0 Å². The number of nitrogens with one attached hydrogen (secondary N) is 1. The van der Waals surface area contributed by atoms with Gasteiger partial charge in [-0.05, 0) is 30.2 Å². The first-order chi connectivity index (χ1) is 11.2. The lowest BCUT2D eigenvalue weighted by molar-refractivity contribution is 0.398. The number of rotatable bonds is 5. The van der Waals surface area contributed by atoms with Crippen LogP contribution in [-0.2, 0) is 13.6 Å². The lowest BCUT2D eigenvalue weighted by atomic mass is 10.0. The van der Waals surface area contributed by atoms with Crippen molar-refractivity contribution in [3.63, 3.8) is 0 Å². The molecule has 3 aromatic rings. The van der Waals surface area contributed by atoms with Crippen LogP contribution in [0.25, 0.3) is 11.1 Å². The number of aromatic nitrogens is 3. The van der Waals surface area contributed by atoms with E-state index in [9.17, 15) is 0 Å². The molecule has 0 radical (unpaired) electrons. The largest absolute Gasteiger partial charge is 0.481 e. The van der Waals surface area contributed by atoms with E-state index in [4.69, 9.17) is 4.74 Å². The Balaban J connectivity index is 1.82. The van der Waals surface area contributed by atoms with E-state index in [1.807, 2.05) is 42.3 Å². The summed E-state index contributed by atoms with van der Waals surface area (Å²) in [5, 5.41) is 3.46. The summed E-state index contributed by atoms with van der Waals surface area (Å²) in [7, 11) is 3.61. The Bertz CT molecular complexity index is 793. The zero-order valence-electron chi connectivity index (χ0n) is 13.6. The molecule has 0 saturated carbocycles. The summed E-state index contributed by atoms with van der Waals surface area (Å²) in [5.41, 5.74) is 4.48. The Hall–Kier alpha value is -2.82. The molecule has 2 aromatic heterocycles. The average molecular weight is 308 g/mol. The van der Waals surface area contributed by atoms with Crippen LogP contribution in [0, 0.1) is 6.92 Å². The monoisotopic (exact) mass is 308 g/mol. The molecule has 0 aliphatic carbocycles. The molecule has 0 atom stereocenters. The fourth-order valence-corrected chi connectivity index (χ4v) is 2.40. The molecule has 5 nitrogen and oxygen atoms in total. The summed E-state index contributed by atoms with van der Waals surface area (Å²) in [4.78, 5) is 8.60. The molecule has 0 aliphatic heterocycles. The van der Waals surface area contributed by atoms with E-state index in [0.717, 1.165) is 22.6 Å². The molecular formula is C18H20N4O. The van der Waals surface area contributed by atoms with E-state index in [1.54, 1.807) is 7.11 Å². The van der Waals surface area contributed by atoms with E-state index < -0.39 is 0 Å². The SMILES string of the molecule is COc1ccc(-c2ccc(C)c(NCc3nccn3C)c2)cn1. The zero-order valence-corrected chi connectivity index (χ0v) is 13.6. The standard InChI is InChI=1S/C18H20N4O/c1-13-4-5-14(15-6-7-18(23-3)21-11-15)10-16(13)20-12-17-19-8-9-22(17)2/h4-11,20H,12H2,1-3H3. The van der Waals surface area contributed by atoms with Gasteiger partial charge in [0.05, 0.1) is 13.7 Å². The first-order valence-corrected chi connectivity index (χ1v) is 7.48. The van der Waals surface area contributed by atoms with Gasteiger partial charge in [0.1, 0.15) is 5.82 Å². The number of aryl methyl sites for hydroxylation is 2. The molecule has 5 heteroatoms. The third-order valence-corrected chi connectivity index (χ3v) is 3.87. The summed E-state index contributed by atoms with van der Waals surface area (Å²) < 4.78 is 7.12. The van der Waals surface area contributed by atoms with Crippen LogP contribution in [0.5, 0.6) is 5.88 Å². The molecule has 0 amide bonds. The number of imidazole rings is 1. The normalized spacial score (nSPS) is 10.6. The topological polar surface area (TPSA) is 52.0 Å². The third-order valence-electron chi connectivity index (χ3n) is 3.87. The first kappa shape index (κ1) is 15.1. The van der Waals surface area contributed by atoms with Crippen LogP contribution in [-0.4, -0.2) is 21.6 Å². The van der Waals surface area contributed by atoms with Crippen molar-refractivity contribution in [3.05, 3.63) is 60.3 Å². The van der Waals surface area contributed by atoms with E-state index in [-0.39, 0.29) is 0 Å². The van der Waals surface area contributed by atoms with Gasteiger partial charge < -0.3 is 14.6 Å². The van der Waals surface area contributed by atoms with Gasteiger partial charge >= 0.3 is 0 Å². The quantitative estimate of drug-likeness (QED) is 0.785. The maximum atomic E-state index is 5.11. The molecule has 1 N–H and O–H groups in total. The van der Waals surface area contributed by atoms with Crippen LogP contribution in [0.3, 0.4) is 0 Å². The van der Waals surface area contributed by atoms with Crippen LogP contribution in [0.15, 0.2) is 48.9 Å². The Kier molecular flexibility index (Phi) is 4.28. The predicted molar refractivity (Wildman–Crippen MR) is 91.5 cm³/mol.